The van der Waals surface area contributed by atoms with Crippen molar-refractivity contribution in [3.63, 3.8) is 0 Å². The third kappa shape index (κ3) is 4.16. The molecule has 0 aliphatic rings. The number of ether oxygens (including phenoxy) is 1. The average Bonchev–Trinajstić information content (AvgIpc) is 2.44. The summed E-state index contributed by atoms with van der Waals surface area (Å²) in [6, 6.07) is 9.39. The molecule has 21 heavy (non-hydrogen) atoms. The number of anilines is 1. The van der Waals surface area contributed by atoms with Crippen molar-refractivity contribution >= 4 is 23.2 Å². The van der Waals surface area contributed by atoms with Gasteiger partial charge in [-0.05, 0) is 43.3 Å². The van der Waals surface area contributed by atoms with Gasteiger partial charge in [-0.1, -0.05) is 11.6 Å². The number of nitrogens with one attached hydrogen (secondary N) is 1. The molecule has 2 aromatic carbocycles. The first-order valence-corrected chi connectivity index (χ1v) is 6.51. The van der Waals surface area contributed by atoms with Crippen molar-refractivity contribution < 1.29 is 18.3 Å². The highest BCUT2D eigenvalue weighted by Gasteiger charge is 2.16. The van der Waals surface area contributed by atoms with E-state index in [1.54, 1.807) is 24.3 Å². The Balaban J connectivity index is 2.00. The fraction of sp³-hybridized carbons (Fsp3) is 0.133. The highest BCUT2D eigenvalue weighted by molar-refractivity contribution is 6.30. The normalized spacial score (nSPS) is 11.8. The third-order valence-corrected chi connectivity index (χ3v) is 2.94. The third-order valence-electron chi connectivity index (χ3n) is 2.68. The maximum Gasteiger partial charge on any atom is 0.265 e. The standard InChI is InChI=1S/C15H12ClF2NO2/c1-9(21-12-5-2-10(16)3-6-12)15(20)19-14-7-4-11(17)8-13(14)18/h2-9H,1H3,(H,19,20). The molecular formula is C15H12ClF2NO2. The van der Waals surface area contributed by atoms with Crippen molar-refractivity contribution in [1.82, 2.24) is 0 Å². The minimum absolute atomic E-state index is 0.104. The van der Waals surface area contributed by atoms with Crippen molar-refractivity contribution in [3.05, 3.63) is 59.1 Å². The van der Waals surface area contributed by atoms with Crippen LogP contribution in [0.3, 0.4) is 0 Å². The van der Waals surface area contributed by atoms with Gasteiger partial charge in [0.05, 0.1) is 5.69 Å². The number of halogens is 3. The number of rotatable bonds is 4. The molecule has 0 spiro atoms. The maximum atomic E-state index is 13.4. The molecule has 0 fully saturated rings. The maximum absolute atomic E-state index is 13.4. The molecule has 1 atom stereocenters. The Labute approximate surface area is 125 Å². The lowest BCUT2D eigenvalue weighted by Gasteiger charge is -2.15. The van der Waals surface area contributed by atoms with Crippen LogP contribution in [0.1, 0.15) is 6.92 Å². The van der Waals surface area contributed by atoms with Gasteiger partial charge in [0.2, 0.25) is 0 Å². The van der Waals surface area contributed by atoms with Gasteiger partial charge in [-0.15, -0.1) is 0 Å². The quantitative estimate of drug-likeness (QED) is 0.926. The number of hydrogen-bond donors (Lipinski definition) is 1. The summed E-state index contributed by atoms with van der Waals surface area (Å²) in [6.07, 6.45) is -0.851. The second kappa shape index (κ2) is 6.54. The molecule has 2 aromatic rings. The summed E-state index contributed by atoms with van der Waals surface area (Å²) in [4.78, 5) is 11.9. The summed E-state index contributed by atoms with van der Waals surface area (Å²) in [5.74, 6) is -1.64. The summed E-state index contributed by atoms with van der Waals surface area (Å²) in [7, 11) is 0. The first-order chi connectivity index (χ1) is 9.95. The zero-order valence-corrected chi connectivity index (χ0v) is 11.8. The van der Waals surface area contributed by atoms with E-state index < -0.39 is 23.6 Å². The number of carbonyl (C=O) groups excluding carboxylic acids is 1. The van der Waals surface area contributed by atoms with Gasteiger partial charge >= 0.3 is 0 Å². The Morgan fingerprint density at radius 1 is 1.19 bits per heavy atom. The van der Waals surface area contributed by atoms with E-state index in [1.165, 1.54) is 6.92 Å². The summed E-state index contributed by atoms with van der Waals surface area (Å²) in [5, 5.41) is 2.89. The minimum Gasteiger partial charge on any atom is -0.481 e. The lowest BCUT2D eigenvalue weighted by molar-refractivity contribution is -0.122. The van der Waals surface area contributed by atoms with Crippen molar-refractivity contribution in [2.45, 2.75) is 13.0 Å². The zero-order valence-electron chi connectivity index (χ0n) is 11.1. The number of benzene rings is 2. The second-order valence-corrected chi connectivity index (χ2v) is 4.76. The molecule has 0 radical (unpaired) electrons. The zero-order chi connectivity index (χ0) is 15.4. The second-order valence-electron chi connectivity index (χ2n) is 4.33. The van der Waals surface area contributed by atoms with Crippen LogP contribution in [-0.4, -0.2) is 12.0 Å². The predicted molar refractivity (Wildman–Crippen MR) is 76.5 cm³/mol. The SMILES string of the molecule is CC(Oc1ccc(Cl)cc1)C(=O)Nc1ccc(F)cc1F. The van der Waals surface area contributed by atoms with E-state index in [9.17, 15) is 13.6 Å². The Morgan fingerprint density at radius 3 is 2.48 bits per heavy atom. The van der Waals surface area contributed by atoms with Gasteiger partial charge in [-0.3, -0.25) is 4.79 Å². The molecule has 0 aliphatic heterocycles. The van der Waals surface area contributed by atoms with E-state index in [2.05, 4.69) is 5.32 Å². The van der Waals surface area contributed by atoms with E-state index >= 15 is 0 Å². The average molecular weight is 312 g/mol. The summed E-state index contributed by atoms with van der Waals surface area (Å²) >= 11 is 5.74. The van der Waals surface area contributed by atoms with Crippen LogP contribution in [0, 0.1) is 11.6 Å². The van der Waals surface area contributed by atoms with Crippen LogP contribution in [0.4, 0.5) is 14.5 Å². The Kier molecular flexibility index (Phi) is 4.75. The van der Waals surface area contributed by atoms with Gasteiger partial charge in [0.15, 0.2) is 6.10 Å². The van der Waals surface area contributed by atoms with Gasteiger partial charge in [0.1, 0.15) is 17.4 Å². The van der Waals surface area contributed by atoms with Gasteiger partial charge in [0.25, 0.3) is 5.91 Å². The molecule has 1 N–H and O–H groups in total. The monoisotopic (exact) mass is 311 g/mol. The molecule has 110 valence electrons. The summed E-state index contributed by atoms with van der Waals surface area (Å²) in [5.41, 5.74) is -0.104. The Hall–Kier alpha value is -2.14. The first kappa shape index (κ1) is 15.3. The number of hydrogen-bond acceptors (Lipinski definition) is 2. The lowest BCUT2D eigenvalue weighted by atomic mass is 10.2. The van der Waals surface area contributed by atoms with E-state index in [0.29, 0.717) is 16.8 Å². The summed E-state index contributed by atoms with van der Waals surface area (Å²) < 4.78 is 31.6. The largest absolute Gasteiger partial charge is 0.481 e. The molecule has 0 aliphatic carbocycles. The van der Waals surface area contributed by atoms with Crippen LogP contribution in [0.2, 0.25) is 5.02 Å². The van der Waals surface area contributed by atoms with Crippen LogP contribution < -0.4 is 10.1 Å². The van der Waals surface area contributed by atoms with Crippen molar-refractivity contribution in [3.8, 4) is 5.75 Å². The highest BCUT2D eigenvalue weighted by atomic mass is 35.5. The molecule has 0 saturated carbocycles. The fourth-order valence-electron chi connectivity index (χ4n) is 1.60. The van der Waals surface area contributed by atoms with Crippen LogP contribution in [-0.2, 0) is 4.79 Å². The topological polar surface area (TPSA) is 38.3 Å². The smallest absolute Gasteiger partial charge is 0.265 e. The molecule has 0 saturated heterocycles. The van der Waals surface area contributed by atoms with Crippen molar-refractivity contribution in [1.29, 1.82) is 0 Å². The molecule has 2 rings (SSSR count). The van der Waals surface area contributed by atoms with Gasteiger partial charge in [-0.2, -0.15) is 0 Å². The first-order valence-electron chi connectivity index (χ1n) is 6.14. The number of carbonyl (C=O) groups is 1. The Bertz CT molecular complexity index is 647. The molecule has 6 heteroatoms. The molecule has 3 nitrogen and oxygen atoms in total. The molecule has 1 amide bonds. The Morgan fingerprint density at radius 2 is 1.86 bits per heavy atom. The lowest BCUT2D eigenvalue weighted by Crippen LogP contribution is -2.30. The van der Waals surface area contributed by atoms with Crippen molar-refractivity contribution in [2.75, 3.05) is 5.32 Å². The molecule has 1 unspecified atom stereocenters. The molecule has 0 heterocycles. The molecular weight excluding hydrogens is 300 g/mol. The van der Waals surface area contributed by atoms with Crippen LogP contribution >= 0.6 is 11.6 Å². The van der Waals surface area contributed by atoms with E-state index in [-0.39, 0.29) is 5.69 Å². The molecule has 0 aromatic heterocycles. The fourth-order valence-corrected chi connectivity index (χ4v) is 1.72. The summed E-state index contributed by atoms with van der Waals surface area (Å²) in [6.45, 7) is 1.52. The van der Waals surface area contributed by atoms with Crippen molar-refractivity contribution in [2.24, 2.45) is 0 Å². The van der Waals surface area contributed by atoms with E-state index in [4.69, 9.17) is 16.3 Å². The molecule has 0 bridgehead atoms. The van der Waals surface area contributed by atoms with Gasteiger partial charge < -0.3 is 10.1 Å². The van der Waals surface area contributed by atoms with E-state index in [1.807, 2.05) is 0 Å². The number of amides is 1. The highest BCUT2D eigenvalue weighted by Crippen LogP contribution is 2.18. The predicted octanol–water partition coefficient (Wildman–Crippen LogP) is 4.02. The van der Waals surface area contributed by atoms with Gasteiger partial charge in [0, 0.05) is 11.1 Å². The minimum atomic E-state index is -0.851. The van der Waals surface area contributed by atoms with E-state index in [0.717, 1.165) is 12.1 Å². The van der Waals surface area contributed by atoms with Crippen LogP contribution in [0.25, 0.3) is 0 Å². The van der Waals surface area contributed by atoms with Gasteiger partial charge in [-0.25, -0.2) is 8.78 Å². The van der Waals surface area contributed by atoms with Crippen LogP contribution in [0.5, 0.6) is 5.75 Å². The van der Waals surface area contributed by atoms with Crippen LogP contribution in [0.15, 0.2) is 42.5 Å².